The highest BCUT2D eigenvalue weighted by Crippen LogP contribution is 2.32. The van der Waals surface area contributed by atoms with Crippen molar-refractivity contribution < 1.29 is 0 Å². The first-order chi connectivity index (χ1) is 16.6. The van der Waals surface area contributed by atoms with Gasteiger partial charge in [-0.15, -0.1) is 0 Å². The van der Waals surface area contributed by atoms with E-state index in [1.165, 1.54) is 11.1 Å². The van der Waals surface area contributed by atoms with Crippen molar-refractivity contribution in [2.24, 2.45) is 4.99 Å². The molecule has 0 saturated heterocycles. The summed E-state index contributed by atoms with van der Waals surface area (Å²) in [6.45, 7) is 15.9. The first kappa shape index (κ1) is 29.5. The molecule has 1 atom stereocenters. The Balaban J connectivity index is 2.46. The van der Waals surface area contributed by atoms with Gasteiger partial charge in [-0.05, 0) is 54.1 Å². The number of aliphatic imine (C=N–C) groups is 1. The second-order valence-corrected chi connectivity index (χ2v) is 11.7. The van der Waals surface area contributed by atoms with Gasteiger partial charge in [-0.2, -0.15) is 0 Å². The average molecular weight is 588 g/mol. The lowest BCUT2D eigenvalue weighted by atomic mass is 9.77. The van der Waals surface area contributed by atoms with Crippen LogP contribution in [-0.4, -0.2) is 27.7 Å². The van der Waals surface area contributed by atoms with Crippen LogP contribution in [0.4, 0.5) is 0 Å². The van der Waals surface area contributed by atoms with Crippen LogP contribution in [0.1, 0.15) is 109 Å². The zero-order valence-corrected chi connectivity index (χ0v) is 25.4. The van der Waals surface area contributed by atoms with Crippen LogP contribution in [0.5, 0.6) is 0 Å². The van der Waals surface area contributed by atoms with Gasteiger partial charge in [0.25, 0.3) is 0 Å². The molecule has 0 heterocycles. The summed E-state index contributed by atoms with van der Waals surface area (Å²) in [6.07, 6.45) is 6.63. The van der Waals surface area contributed by atoms with Crippen molar-refractivity contribution in [1.29, 1.82) is 5.41 Å². The number of rotatable bonds is 11. The summed E-state index contributed by atoms with van der Waals surface area (Å²) < 4.78 is 0.317. The maximum absolute atomic E-state index is 8.85. The zero-order valence-electron chi connectivity index (χ0n) is 23.2. The zero-order chi connectivity index (χ0) is 26.2. The molecule has 35 heavy (non-hydrogen) atoms. The molecule has 4 heteroatoms. The van der Waals surface area contributed by atoms with Crippen LogP contribution in [-0.2, 0) is 10.8 Å². The monoisotopic (exact) mass is 587 g/mol. The molecule has 1 N–H and O–H groups in total. The normalized spacial score (nSPS) is 13.6. The van der Waals surface area contributed by atoms with Crippen molar-refractivity contribution >= 4 is 34.3 Å². The Morgan fingerprint density at radius 3 is 1.57 bits per heavy atom. The molecule has 0 aliphatic rings. The van der Waals surface area contributed by atoms with Crippen LogP contribution in [0, 0.1) is 5.41 Å². The second kappa shape index (κ2) is 13.0. The van der Waals surface area contributed by atoms with Crippen LogP contribution in [0.2, 0.25) is 0 Å². The van der Waals surface area contributed by atoms with Crippen LogP contribution in [0.15, 0.2) is 53.5 Å². The Morgan fingerprint density at radius 1 is 0.800 bits per heavy atom. The SMILES string of the molecule is CCCC(I)N(C)/C(=N\C(=N)c1ccc(C(C)(CC)CC)cc1)c1ccc(C(C)(CC)CC)cc1. The fourth-order valence-corrected chi connectivity index (χ4v) is 5.34. The van der Waals surface area contributed by atoms with Crippen molar-refractivity contribution in [1.82, 2.24) is 4.90 Å². The second-order valence-electron chi connectivity index (χ2n) is 10.3. The Morgan fingerprint density at radius 2 is 1.20 bits per heavy atom. The number of amidine groups is 2. The number of alkyl halides is 1. The first-order valence-corrected chi connectivity index (χ1v) is 14.6. The standard InChI is InChI=1S/C31H46IN3/c1-9-14-27(32)35(8)29(24-17-21-26(22-18-24)31(7,12-4)13-5)34-28(33)23-15-19-25(20-16-23)30(6,10-2)11-3/h15-22,27,33H,9-14H2,1-8H3/b33-28?,34-29-. The third-order valence-corrected chi connectivity index (χ3v) is 9.77. The van der Waals surface area contributed by atoms with Gasteiger partial charge < -0.3 is 4.90 Å². The van der Waals surface area contributed by atoms with Crippen molar-refractivity contribution in [3.63, 3.8) is 0 Å². The van der Waals surface area contributed by atoms with Gasteiger partial charge >= 0.3 is 0 Å². The Bertz CT molecular complexity index is 967. The number of hydrogen-bond donors (Lipinski definition) is 1. The molecule has 0 spiro atoms. The van der Waals surface area contributed by atoms with Gasteiger partial charge in [0, 0.05) is 18.2 Å². The quantitative estimate of drug-likeness (QED) is 0.0920. The minimum absolute atomic E-state index is 0.178. The van der Waals surface area contributed by atoms with E-state index in [2.05, 4.69) is 132 Å². The fourth-order valence-electron chi connectivity index (χ4n) is 4.45. The summed E-state index contributed by atoms with van der Waals surface area (Å²) in [6, 6.07) is 17.4. The average Bonchev–Trinajstić information content (AvgIpc) is 2.90. The molecule has 3 nitrogen and oxygen atoms in total. The van der Waals surface area contributed by atoms with Crippen LogP contribution in [0.25, 0.3) is 0 Å². The number of halogens is 1. The van der Waals surface area contributed by atoms with E-state index in [1.54, 1.807) is 0 Å². The van der Waals surface area contributed by atoms with Crippen molar-refractivity contribution in [3.05, 3.63) is 70.8 Å². The van der Waals surface area contributed by atoms with Gasteiger partial charge in [-0.1, -0.05) is 126 Å². The molecule has 0 aliphatic carbocycles. The van der Waals surface area contributed by atoms with Gasteiger partial charge in [0.1, 0.15) is 5.84 Å². The lowest BCUT2D eigenvalue weighted by Crippen LogP contribution is -2.34. The molecular weight excluding hydrogens is 541 g/mol. The fraction of sp³-hybridized carbons (Fsp3) is 0.548. The van der Waals surface area contributed by atoms with E-state index in [0.29, 0.717) is 9.88 Å². The molecule has 2 aromatic carbocycles. The van der Waals surface area contributed by atoms with E-state index in [9.17, 15) is 0 Å². The van der Waals surface area contributed by atoms with Gasteiger partial charge in [0.05, 0.1) is 4.05 Å². The number of nitrogens with zero attached hydrogens (tertiary/aromatic N) is 2. The lowest BCUT2D eigenvalue weighted by Gasteiger charge is -2.29. The molecule has 2 rings (SSSR count). The molecule has 0 aliphatic heterocycles. The van der Waals surface area contributed by atoms with Gasteiger partial charge in [-0.25, -0.2) is 4.99 Å². The van der Waals surface area contributed by atoms with E-state index in [1.807, 2.05) is 0 Å². The van der Waals surface area contributed by atoms with E-state index >= 15 is 0 Å². The molecule has 0 bridgehead atoms. The highest BCUT2D eigenvalue weighted by atomic mass is 127. The summed E-state index contributed by atoms with van der Waals surface area (Å²) in [5, 5.41) is 8.85. The molecule has 2 aromatic rings. The highest BCUT2D eigenvalue weighted by molar-refractivity contribution is 14.1. The van der Waals surface area contributed by atoms with E-state index < -0.39 is 0 Å². The third-order valence-electron chi connectivity index (χ3n) is 8.32. The molecule has 192 valence electrons. The first-order valence-electron chi connectivity index (χ1n) is 13.3. The molecule has 0 aromatic heterocycles. The Labute approximate surface area is 228 Å². The maximum atomic E-state index is 8.85. The van der Waals surface area contributed by atoms with Crippen molar-refractivity contribution in [2.75, 3.05) is 7.05 Å². The summed E-state index contributed by atoms with van der Waals surface area (Å²) >= 11 is 2.50. The molecule has 0 radical (unpaired) electrons. The maximum Gasteiger partial charge on any atom is 0.154 e. The summed E-state index contributed by atoms with van der Waals surface area (Å²) in [4.78, 5) is 7.13. The molecule has 1 unspecified atom stereocenters. The van der Waals surface area contributed by atoms with Gasteiger partial charge in [0.2, 0.25) is 0 Å². The van der Waals surface area contributed by atoms with Gasteiger partial charge in [-0.3, -0.25) is 5.41 Å². The van der Waals surface area contributed by atoms with E-state index in [-0.39, 0.29) is 10.8 Å². The predicted octanol–water partition coefficient (Wildman–Crippen LogP) is 9.11. The largest absolute Gasteiger partial charge is 0.347 e. The van der Waals surface area contributed by atoms with E-state index in [0.717, 1.165) is 55.5 Å². The number of hydrogen-bond acceptors (Lipinski definition) is 1. The lowest BCUT2D eigenvalue weighted by molar-refractivity contribution is 0.438. The van der Waals surface area contributed by atoms with Crippen molar-refractivity contribution in [2.45, 2.75) is 102 Å². The summed E-state index contributed by atoms with van der Waals surface area (Å²) in [7, 11) is 2.10. The Kier molecular flexibility index (Phi) is 11.0. The topological polar surface area (TPSA) is 39.5 Å². The molecule has 0 saturated carbocycles. The molecule has 0 fully saturated rings. The number of nitrogens with one attached hydrogen (secondary N) is 1. The highest BCUT2D eigenvalue weighted by Gasteiger charge is 2.24. The third kappa shape index (κ3) is 6.96. The van der Waals surface area contributed by atoms with Crippen molar-refractivity contribution in [3.8, 4) is 0 Å². The number of benzene rings is 2. The molecule has 0 amide bonds. The minimum Gasteiger partial charge on any atom is -0.347 e. The van der Waals surface area contributed by atoms with E-state index in [4.69, 9.17) is 10.4 Å². The minimum atomic E-state index is 0.178. The smallest absolute Gasteiger partial charge is 0.154 e. The van der Waals surface area contributed by atoms with Crippen LogP contribution >= 0.6 is 22.6 Å². The molecular formula is C31H46IN3. The van der Waals surface area contributed by atoms with Gasteiger partial charge in [0.15, 0.2) is 5.84 Å². The van der Waals surface area contributed by atoms with Crippen LogP contribution < -0.4 is 0 Å². The Hall–Kier alpha value is -1.69. The summed E-state index contributed by atoms with van der Waals surface area (Å²) in [5.74, 6) is 1.17. The predicted molar refractivity (Wildman–Crippen MR) is 163 cm³/mol. The van der Waals surface area contributed by atoms with Crippen LogP contribution in [0.3, 0.4) is 0 Å². The summed E-state index contributed by atoms with van der Waals surface area (Å²) in [5.41, 5.74) is 4.99.